The Morgan fingerprint density at radius 3 is 2.24 bits per heavy atom. The average molecular weight is 238 g/mol. The molecule has 1 atom stereocenters. The Morgan fingerprint density at radius 2 is 1.71 bits per heavy atom. The van der Waals surface area contributed by atoms with Gasteiger partial charge in [-0.1, -0.05) is 32.1 Å². The minimum Gasteiger partial charge on any atom is -0.329 e. The van der Waals surface area contributed by atoms with Crippen LogP contribution in [0.25, 0.3) is 0 Å². The van der Waals surface area contributed by atoms with Crippen molar-refractivity contribution in [2.75, 3.05) is 20.1 Å². The molecule has 0 saturated heterocycles. The molecule has 2 nitrogen and oxygen atoms in total. The zero-order valence-electron chi connectivity index (χ0n) is 11.8. The third-order valence-electron chi connectivity index (χ3n) is 5.04. The van der Waals surface area contributed by atoms with Gasteiger partial charge in [0.05, 0.1) is 0 Å². The Bertz CT molecular complexity index is 231. The molecule has 0 aromatic rings. The highest BCUT2D eigenvalue weighted by atomic mass is 15.2. The van der Waals surface area contributed by atoms with E-state index in [1.54, 1.807) is 0 Å². The summed E-state index contributed by atoms with van der Waals surface area (Å²) in [5, 5.41) is 0. The van der Waals surface area contributed by atoms with Crippen LogP contribution in [0.4, 0.5) is 0 Å². The summed E-state index contributed by atoms with van der Waals surface area (Å²) in [6.07, 6.45) is 11.4. The molecule has 2 heteroatoms. The van der Waals surface area contributed by atoms with Gasteiger partial charge in [-0.2, -0.15) is 0 Å². The molecule has 2 N–H and O–H groups in total. The Labute approximate surface area is 107 Å². The van der Waals surface area contributed by atoms with Crippen molar-refractivity contribution in [2.45, 2.75) is 63.8 Å². The summed E-state index contributed by atoms with van der Waals surface area (Å²) in [7, 11) is 2.30. The first-order valence-electron chi connectivity index (χ1n) is 7.55. The molecule has 2 fully saturated rings. The lowest BCUT2D eigenvalue weighted by Crippen LogP contribution is -2.51. The zero-order valence-corrected chi connectivity index (χ0v) is 11.8. The number of likely N-dealkylation sites (N-methyl/N-ethyl adjacent to an activating group) is 1. The lowest BCUT2D eigenvalue weighted by atomic mass is 9.86. The van der Waals surface area contributed by atoms with E-state index in [0.29, 0.717) is 0 Å². The van der Waals surface area contributed by atoms with Gasteiger partial charge in [-0.25, -0.2) is 0 Å². The normalized spacial score (nSPS) is 26.1. The quantitative estimate of drug-likeness (QED) is 0.771. The molecule has 2 aliphatic rings. The lowest BCUT2D eigenvalue weighted by Gasteiger charge is -2.41. The van der Waals surface area contributed by atoms with E-state index in [4.69, 9.17) is 5.73 Å². The van der Waals surface area contributed by atoms with Crippen molar-refractivity contribution in [3.8, 4) is 0 Å². The molecule has 0 bridgehead atoms. The standard InChI is InChI=1S/C15H30N2/c1-15(12-16,10-13-8-9-13)17(2)11-14-6-4-3-5-7-14/h13-14H,3-12,16H2,1-2H3. The van der Waals surface area contributed by atoms with Gasteiger partial charge < -0.3 is 5.73 Å². The SMILES string of the molecule is CN(CC1CCCCC1)C(C)(CN)CC1CC1. The van der Waals surface area contributed by atoms with Crippen LogP contribution in [0.2, 0.25) is 0 Å². The molecule has 0 aliphatic heterocycles. The van der Waals surface area contributed by atoms with Gasteiger partial charge in [0, 0.05) is 18.6 Å². The highest BCUT2D eigenvalue weighted by Gasteiger charge is 2.36. The topological polar surface area (TPSA) is 29.3 Å². The molecule has 2 aliphatic carbocycles. The summed E-state index contributed by atoms with van der Waals surface area (Å²) in [4.78, 5) is 2.57. The third-order valence-corrected chi connectivity index (χ3v) is 5.04. The van der Waals surface area contributed by atoms with Crippen molar-refractivity contribution in [1.29, 1.82) is 0 Å². The van der Waals surface area contributed by atoms with Crippen LogP contribution in [0.5, 0.6) is 0 Å². The van der Waals surface area contributed by atoms with E-state index < -0.39 is 0 Å². The maximum absolute atomic E-state index is 6.05. The highest BCUT2D eigenvalue weighted by molar-refractivity contribution is 4.92. The van der Waals surface area contributed by atoms with Crippen molar-refractivity contribution in [3.63, 3.8) is 0 Å². The van der Waals surface area contributed by atoms with Crippen molar-refractivity contribution < 1.29 is 0 Å². The van der Waals surface area contributed by atoms with E-state index >= 15 is 0 Å². The maximum Gasteiger partial charge on any atom is 0.0303 e. The maximum atomic E-state index is 6.05. The first kappa shape index (κ1) is 13.4. The number of hydrogen-bond donors (Lipinski definition) is 1. The van der Waals surface area contributed by atoms with E-state index in [2.05, 4.69) is 18.9 Å². The molecule has 2 saturated carbocycles. The predicted molar refractivity (Wildman–Crippen MR) is 74.0 cm³/mol. The van der Waals surface area contributed by atoms with Crippen LogP contribution in [0, 0.1) is 11.8 Å². The Kier molecular flexibility index (Phi) is 4.48. The monoisotopic (exact) mass is 238 g/mol. The van der Waals surface area contributed by atoms with Crippen LogP contribution >= 0.6 is 0 Å². The predicted octanol–water partition coefficient (Wildman–Crippen LogP) is 3.02. The van der Waals surface area contributed by atoms with Crippen molar-refractivity contribution in [2.24, 2.45) is 17.6 Å². The number of nitrogens with two attached hydrogens (primary N) is 1. The van der Waals surface area contributed by atoms with Crippen LogP contribution < -0.4 is 5.73 Å². The van der Waals surface area contributed by atoms with E-state index in [1.165, 1.54) is 57.9 Å². The fourth-order valence-corrected chi connectivity index (χ4v) is 3.32. The lowest BCUT2D eigenvalue weighted by molar-refractivity contribution is 0.0973. The van der Waals surface area contributed by atoms with Crippen LogP contribution in [0.15, 0.2) is 0 Å². The van der Waals surface area contributed by atoms with Gasteiger partial charge >= 0.3 is 0 Å². The van der Waals surface area contributed by atoms with Gasteiger partial charge in [-0.3, -0.25) is 4.90 Å². The summed E-state index contributed by atoms with van der Waals surface area (Å²) < 4.78 is 0. The minimum absolute atomic E-state index is 0.249. The Hall–Kier alpha value is -0.0800. The smallest absolute Gasteiger partial charge is 0.0303 e. The number of hydrogen-bond acceptors (Lipinski definition) is 2. The number of rotatable bonds is 6. The van der Waals surface area contributed by atoms with Crippen LogP contribution in [-0.2, 0) is 0 Å². The van der Waals surface area contributed by atoms with Crippen molar-refractivity contribution in [1.82, 2.24) is 4.90 Å². The zero-order chi connectivity index (χ0) is 12.3. The highest BCUT2D eigenvalue weighted by Crippen LogP contribution is 2.38. The largest absolute Gasteiger partial charge is 0.329 e. The summed E-state index contributed by atoms with van der Waals surface area (Å²) in [6.45, 7) is 4.45. The van der Waals surface area contributed by atoms with Gasteiger partial charge in [0.1, 0.15) is 0 Å². The second-order valence-corrected chi connectivity index (χ2v) is 6.73. The molecular formula is C15H30N2. The number of nitrogens with zero attached hydrogens (tertiary/aromatic N) is 1. The van der Waals surface area contributed by atoms with Gasteiger partial charge in [0.2, 0.25) is 0 Å². The summed E-state index contributed by atoms with van der Waals surface area (Å²) >= 11 is 0. The van der Waals surface area contributed by atoms with E-state index in [9.17, 15) is 0 Å². The van der Waals surface area contributed by atoms with Gasteiger partial charge in [0.15, 0.2) is 0 Å². The van der Waals surface area contributed by atoms with Crippen molar-refractivity contribution in [3.05, 3.63) is 0 Å². The average Bonchev–Trinajstić information content (AvgIpc) is 3.14. The Morgan fingerprint density at radius 1 is 1.06 bits per heavy atom. The van der Waals surface area contributed by atoms with Gasteiger partial charge in [-0.05, 0) is 45.1 Å². The second kappa shape index (κ2) is 5.71. The minimum atomic E-state index is 0.249. The third kappa shape index (κ3) is 3.69. The molecule has 1 unspecified atom stereocenters. The molecule has 2 rings (SSSR count). The first-order chi connectivity index (χ1) is 8.14. The second-order valence-electron chi connectivity index (χ2n) is 6.73. The molecule has 17 heavy (non-hydrogen) atoms. The summed E-state index contributed by atoms with van der Waals surface area (Å²) in [5.74, 6) is 1.90. The first-order valence-corrected chi connectivity index (χ1v) is 7.55. The molecular weight excluding hydrogens is 208 g/mol. The van der Waals surface area contributed by atoms with Crippen LogP contribution in [-0.4, -0.2) is 30.6 Å². The molecule has 0 amide bonds. The fraction of sp³-hybridized carbons (Fsp3) is 1.00. The molecule has 0 aromatic heterocycles. The van der Waals surface area contributed by atoms with E-state index in [1.807, 2.05) is 0 Å². The molecule has 100 valence electrons. The van der Waals surface area contributed by atoms with Gasteiger partial charge in [-0.15, -0.1) is 0 Å². The van der Waals surface area contributed by atoms with E-state index in [0.717, 1.165) is 18.4 Å². The van der Waals surface area contributed by atoms with Gasteiger partial charge in [0.25, 0.3) is 0 Å². The van der Waals surface area contributed by atoms with Crippen molar-refractivity contribution >= 4 is 0 Å². The van der Waals surface area contributed by atoms with Crippen LogP contribution in [0.1, 0.15) is 58.3 Å². The molecule has 0 radical (unpaired) electrons. The fourth-order valence-electron chi connectivity index (χ4n) is 3.32. The van der Waals surface area contributed by atoms with E-state index in [-0.39, 0.29) is 5.54 Å². The molecule has 0 aromatic carbocycles. The Balaban J connectivity index is 1.83. The summed E-state index contributed by atoms with van der Waals surface area (Å²) in [6, 6.07) is 0. The van der Waals surface area contributed by atoms with Crippen LogP contribution in [0.3, 0.4) is 0 Å². The summed E-state index contributed by atoms with van der Waals surface area (Å²) in [5.41, 5.74) is 6.30. The molecule has 0 heterocycles. The molecule has 0 spiro atoms.